The van der Waals surface area contributed by atoms with Gasteiger partial charge in [0.05, 0.1) is 6.26 Å². The summed E-state index contributed by atoms with van der Waals surface area (Å²) in [7, 11) is 0. The molecule has 3 aromatic heterocycles. The van der Waals surface area contributed by atoms with Gasteiger partial charge in [-0.3, -0.25) is 9.69 Å². The molecule has 2 atom stereocenters. The second-order valence-electron chi connectivity index (χ2n) is 8.75. The number of likely N-dealkylation sites (tertiary alicyclic amines) is 1. The zero-order valence-electron chi connectivity index (χ0n) is 18.5. The summed E-state index contributed by atoms with van der Waals surface area (Å²) in [5.41, 5.74) is 2.66. The summed E-state index contributed by atoms with van der Waals surface area (Å²) >= 11 is 0. The van der Waals surface area contributed by atoms with Gasteiger partial charge in [-0.2, -0.15) is 0 Å². The highest BCUT2D eigenvalue weighted by molar-refractivity contribution is 5.80. The fraction of sp³-hybridized carbons (Fsp3) is 0.417. The molecule has 0 saturated carbocycles. The Hall–Kier alpha value is -3.26. The Balaban J connectivity index is 1.64. The van der Waals surface area contributed by atoms with E-state index in [1.165, 1.54) is 12.0 Å². The minimum absolute atomic E-state index is 0.0995. The number of piperidine rings is 1. The van der Waals surface area contributed by atoms with Crippen molar-refractivity contribution in [3.8, 4) is 0 Å². The number of pyridine rings is 1. The van der Waals surface area contributed by atoms with E-state index in [9.17, 15) is 4.79 Å². The molecule has 4 heterocycles. The number of nitrogens with zero attached hydrogens (tertiary/aromatic N) is 5. The lowest BCUT2D eigenvalue weighted by Crippen LogP contribution is -2.41. The minimum atomic E-state index is -0.332. The molecule has 0 spiro atoms. The van der Waals surface area contributed by atoms with Crippen LogP contribution in [0.1, 0.15) is 55.4 Å². The number of rotatable bonds is 6. The third-order valence-electron chi connectivity index (χ3n) is 6.38. The fourth-order valence-electron chi connectivity index (χ4n) is 4.73. The molecule has 1 aromatic carbocycles. The van der Waals surface area contributed by atoms with Gasteiger partial charge in [0.25, 0.3) is 5.56 Å². The fourth-order valence-corrected chi connectivity index (χ4v) is 4.73. The van der Waals surface area contributed by atoms with Gasteiger partial charge < -0.3 is 9.40 Å². The van der Waals surface area contributed by atoms with Crippen LogP contribution in [0.15, 0.2) is 51.9 Å². The Kier molecular flexibility index (Phi) is 5.61. The van der Waals surface area contributed by atoms with Gasteiger partial charge in [-0.05, 0) is 83.4 Å². The topological polar surface area (TPSA) is 92.8 Å². The quantitative estimate of drug-likeness (QED) is 0.501. The Morgan fingerprint density at radius 2 is 2.19 bits per heavy atom. The Bertz CT molecular complexity index is 1260. The number of furan rings is 1. The highest BCUT2D eigenvalue weighted by Gasteiger charge is 2.33. The van der Waals surface area contributed by atoms with Crippen LogP contribution in [0.5, 0.6) is 0 Å². The van der Waals surface area contributed by atoms with E-state index >= 15 is 0 Å². The van der Waals surface area contributed by atoms with E-state index in [1.807, 2.05) is 24.3 Å². The maximum atomic E-state index is 13.3. The van der Waals surface area contributed by atoms with Crippen LogP contribution in [-0.4, -0.2) is 43.2 Å². The van der Waals surface area contributed by atoms with Gasteiger partial charge in [-0.25, -0.2) is 4.68 Å². The molecule has 0 aliphatic carbocycles. The molecule has 0 amide bonds. The molecule has 1 aliphatic heterocycles. The van der Waals surface area contributed by atoms with E-state index < -0.39 is 0 Å². The molecular formula is C24H28N6O2. The van der Waals surface area contributed by atoms with Crippen LogP contribution in [0.2, 0.25) is 0 Å². The molecule has 0 bridgehead atoms. The number of benzene rings is 1. The number of aromatic nitrogens is 5. The number of fused-ring (bicyclic) bond motifs is 1. The van der Waals surface area contributed by atoms with Crippen molar-refractivity contribution in [2.24, 2.45) is 5.92 Å². The maximum absolute atomic E-state index is 13.3. The molecule has 1 N–H and O–H groups in total. The highest BCUT2D eigenvalue weighted by Crippen LogP contribution is 2.31. The van der Waals surface area contributed by atoms with Crippen molar-refractivity contribution < 1.29 is 4.42 Å². The van der Waals surface area contributed by atoms with E-state index in [-0.39, 0.29) is 11.6 Å². The van der Waals surface area contributed by atoms with Crippen molar-refractivity contribution >= 4 is 10.9 Å². The number of nitrogens with one attached hydrogen (secondary N) is 1. The van der Waals surface area contributed by atoms with Crippen LogP contribution in [-0.2, 0) is 13.0 Å². The van der Waals surface area contributed by atoms with Crippen LogP contribution in [0.25, 0.3) is 10.9 Å². The van der Waals surface area contributed by atoms with Crippen LogP contribution >= 0.6 is 0 Å². The predicted octanol–water partition coefficient (Wildman–Crippen LogP) is 3.54. The molecule has 0 unspecified atom stereocenters. The van der Waals surface area contributed by atoms with Gasteiger partial charge in [0.1, 0.15) is 18.3 Å². The summed E-state index contributed by atoms with van der Waals surface area (Å²) in [5.74, 6) is 1.98. The lowest BCUT2D eigenvalue weighted by Gasteiger charge is -2.36. The summed E-state index contributed by atoms with van der Waals surface area (Å²) in [6.45, 7) is 6.60. The molecule has 8 heteroatoms. The number of hydrogen-bond donors (Lipinski definition) is 1. The summed E-state index contributed by atoms with van der Waals surface area (Å²) < 4.78 is 7.26. The molecule has 166 valence electrons. The van der Waals surface area contributed by atoms with Crippen molar-refractivity contribution in [2.45, 2.75) is 45.7 Å². The zero-order valence-corrected chi connectivity index (χ0v) is 18.5. The number of hydrogen-bond acceptors (Lipinski definition) is 6. The monoisotopic (exact) mass is 432 g/mol. The Labute approximate surface area is 186 Å². The van der Waals surface area contributed by atoms with Gasteiger partial charge >= 0.3 is 0 Å². The first-order chi connectivity index (χ1) is 15.6. The van der Waals surface area contributed by atoms with E-state index in [2.05, 4.69) is 51.4 Å². The van der Waals surface area contributed by atoms with Crippen molar-refractivity contribution in [3.05, 3.63) is 75.7 Å². The largest absolute Gasteiger partial charge is 0.467 e. The summed E-state index contributed by atoms with van der Waals surface area (Å²) in [4.78, 5) is 18.7. The first kappa shape index (κ1) is 20.6. The van der Waals surface area contributed by atoms with E-state index in [0.717, 1.165) is 42.6 Å². The van der Waals surface area contributed by atoms with Gasteiger partial charge in [-0.15, -0.1) is 5.10 Å². The normalized spacial score (nSPS) is 18.2. The van der Waals surface area contributed by atoms with Crippen LogP contribution in [0.4, 0.5) is 0 Å². The second kappa shape index (κ2) is 8.70. The number of tetrazole rings is 1. The molecule has 1 saturated heterocycles. The predicted molar refractivity (Wildman–Crippen MR) is 121 cm³/mol. The first-order valence-electron chi connectivity index (χ1n) is 11.3. The third kappa shape index (κ3) is 3.98. The lowest BCUT2D eigenvalue weighted by molar-refractivity contribution is 0.141. The minimum Gasteiger partial charge on any atom is -0.467 e. The van der Waals surface area contributed by atoms with Gasteiger partial charge in [-0.1, -0.05) is 19.9 Å². The van der Waals surface area contributed by atoms with Crippen LogP contribution in [0.3, 0.4) is 0 Å². The van der Waals surface area contributed by atoms with Gasteiger partial charge in [0, 0.05) is 17.6 Å². The standard InChI is InChI=1S/C24H28N6O2/c1-3-17-8-9-21-18(12-17)13-20(24(31)25-21)22(29-10-4-6-16(2)14-29)23-26-27-28-30(23)15-19-7-5-11-32-19/h5,7-9,11-13,16,22H,3-4,6,10,14-15H2,1-2H3,(H,25,31)/t16-,22+/m1/s1. The van der Waals surface area contributed by atoms with Crippen molar-refractivity contribution in [1.82, 2.24) is 30.1 Å². The maximum Gasteiger partial charge on any atom is 0.253 e. The lowest BCUT2D eigenvalue weighted by atomic mass is 9.95. The molecule has 32 heavy (non-hydrogen) atoms. The average molecular weight is 433 g/mol. The molecule has 4 aromatic rings. The second-order valence-corrected chi connectivity index (χ2v) is 8.75. The molecule has 0 radical (unpaired) electrons. The highest BCUT2D eigenvalue weighted by atomic mass is 16.3. The summed E-state index contributed by atoms with van der Waals surface area (Å²) in [5, 5.41) is 13.6. The number of aromatic amines is 1. The molecular weight excluding hydrogens is 404 g/mol. The van der Waals surface area contributed by atoms with E-state index in [0.29, 0.717) is 23.9 Å². The number of H-pyrrole nitrogens is 1. The molecule has 1 fully saturated rings. The van der Waals surface area contributed by atoms with Crippen LogP contribution in [0, 0.1) is 5.92 Å². The zero-order chi connectivity index (χ0) is 22.1. The van der Waals surface area contributed by atoms with Crippen molar-refractivity contribution in [2.75, 3.05) is 13.1 Å². The van der Waals surface area contributed by atoms with E-state index in [1.54, 1.807) is 10.9 Å². The van der Waals surface area contributed by atoms with E-state index in [4.69, 9.17) is 4.42 Å². The van der Waals surface area contributed by atoms with Crippen molar-refractivity contribution in [3.63, 3.8) is 0 Å². The third-order valence-corrected chi connectivity index (χ3v) is 6.38. The Morgan fingerprint density at radius 3 is 2.97 bits per heavy atom. The first-order valence-corrected chi connectivity index (χ1v) is 11.3. The summed E-state index contributed by atoms with van der Waals surface area (Å²) in [6.07, 6.45) is 4.86. The molecule has 1 aliphatic rings. The summed E-state index contributed by atoms with van der Waals surface area (Å²) in [6, 6.07) is 11.6. The number of aryl methyl sites for hydroxylation is 1. The Morgan fingerprint density at radius 1 is 1.28 bits per heavy atom. The smallest absolute Gasteiger partial charge is 0.253 e. The van der Waals surface area contributed by atoms with Crippen LogP contribution < -0.4 is 5.56 Å². The molecule has 5 rings (SSSR count). The van der Waals surface area contributed by atoms with Gasteiger partial charge in [0.15, 0.2) is 5.82 Å². The molecule has 8 nitrogen and oxygen atoms in total. The SMILES string of the molecule is CCc1ccc2[nH]c(=O)c([C@@H](c3nnnn3Cc3ccco3)N3CCC[C@@H](C)C3)cc2c1. The average Bonchev–Trinajstić information content (AvgIpc) is 3.47. The van der Waals surface area contributed by atoms with Gasteiger partial charge in [0.2, 0.25) is 0 Å². The van der Waals surface area contributed by atoms with Crippen molar-refractivity contribution in [1.29, 1.82) is 0 Å².